The van der Waals surface area contributed by atoms with Gasteiger partial charge < -0.3 is 14.3 Å². The number of thiazole rings is 2. The molecule has 4 aromatic rings. The predicted octanol–water partition coefficient (Wildman–Crippen LogP) is 7.68. The van der Waals surface area contributed by atoms with Crippen LogP contribution in [0.2, 0.25) is 0 Å². The third-order valence-electron chi connectivity index (χ3n) is 6.97. The van der Waals surface area contributed by atoms with Gasteiger partial charge in [-0.2, -0.15) is 0 Å². The van der Waals surface area contributed by atoms with Crippen LogP contribution in [0.15, 0.2) is 81.4 Å². The van der Waals surface area contributed by atoms with E-state index in [-0.39, 0.29) is 20.3 Å². The molecule has 0 unspecified atom stereocenters. The van der Waals surface area contributed by atoms with Crippen LogP contribution in [0.25, 0.3) is 0 Å². The Hall–Kier alpha value is -4.74. The van der Waals surface area contributed by atoms with Crippen LogP contribution in [0.5, 0.6) is 0 Å². The number of hydrogen-bond donors (Lipinski definition) is 0. The smallest absolute Gasteiger partial charge is 0.345 e. The molecule has 0 amide bonds. The molecule has 0 N–H and O–H groups in total. The minimum absolute atomic E-state index is 0.0679. The lowest BCUT2D eigenvalue weighted by molar-refractivity contribution is -0.887. The first-order valence-electron chi connectivity index (χ1n) is 14.1. The standard InChI is InChI=1S/C28H34N11O4S2/c1-5-35(23-11-7-21(8-12-23)31-33-27-29-19-25(44-27)37(40)41)15-17-39(3,4)18-16-36(6-2)24-13-9-22(10-14-24)32-34-28-30-20-26(45-28)38(42)43/h7-14,19-20H,5-6,15-18H2,1-4H3/q+1/b33-31+,34-32+. The zero-order valence-electron chi connectivity index (χ0n) is 25.4. The minimum Gasteiger partial charge on any atom is -0.366 e. The Kier molecular flexibility index (Phi) is 11.3. The Bertz CT molecular complexity index is 1520. The van der Waals surface area contributed by atoms with Crippen LogP contribution in [0.4, 0.5) is 43.0 Å². The van der Waals surface area contributed by atoms with Crippen molar-refractivity contribution >= 4 is 65.7 Å². The molecular formula is C28H34N11O4S2+. The van der Waals surface area contributed by atoms with Crippen LogP contribution in [-0.4, -0.2) is 77.7 Å². The molecule has 0 spiro atoms. The van der Waals surface area contributed by atoms with Crippen molar-refractivity contribution in [3.63, 3.8) is 0 Å². The molecule has 2 heterocycles. The van der Waals surface area contributed by atoms with Crippen molar-refractivity contribution in [3.8, 4) is 0 Å². The second-order valence-corrected chi connectivity index (χ2v) is 12.4. The highest BCUT2D eigenvalue weighted by Crippen LogP contribution is 2.30. The van der Waals surface area contributed by atoms with Crippen molar-refractivity contribution in [2.75, 3.05) is 63.2 Å². The molecule has 0 aliphatic heterocycles. The number of anilines is 2. The maximum Gasteiger partial charge on any atom is 0.345 e. The fourth-order valence-electron chi connectivity index (χ4n) is 4.27. The summed E-state index contributed by atoms with van der Waals surface area (Å²) in [5.74, 6) is 0. The topological polar surface area (TPSA) is 168 Å². The summed E-state index contributed by atoms with van der Waals surface area (Å²) in [6, 6.07) is 15.5. The highest BCUT2D eigenvalue weighted by Gasteiger charge is 2.19. The number of nitrogens with zero attached hydrogens (tertiary/aromatic N) is 11. The zero-order valence-corrected chi connectivity index (χ0v) is 27.0. The van der Waals surface area contributed by atoms with Crippen molar-refractivity contribution < 1.29 is 14.3 Å². The number of nitro groups is 2. The van der Waals surface area contributed by atoms with E-state index in [1.54, 1.807) is 0 Å². The van der Waals surface area contributed by atoms with Crippen LogP contribution in [0, 0.1) is 20.2 Å². The summed E-state index contributed by atoms with van der Waals surface area (Å²) in [6.45, 7) is 9.62. The largest absolute Gasteiger partial charge is 0.366 e. The molecule has 2 aromatic carbocycles. The van der Waals surface area contributed by atoms with Crippen LogP contribution in [0.1, 0.15) is 13.8 Å². The maximum atomic E-state index is 10.8. The molecule has 236 valence electrons. The molecule has 15 nitrogen and oxygen atoms in total. The molecule has 45 heavy (non-hydrogen) atoms. The summed E-state index contributed by atoms with van der Waals surface area (Å²) in [5.41, 5.74) is 3.46. The van der Waals surface area contributed by atoms with Gasteiger partial charge in [-0.15, -0.1) is 20.5 Å². The number of hydrogen-bond acceptors (Lipinski definition) is 14. The van der Waals surface area contributed by atoms with Gasteiger partial charge in [0.1, 0.15) is 12.4 Å². The highest BCUT2D eigenvalue weighted by molar-refractivity contribution is 7.18. The molecule has 0 aliphatic carbocycles. The summed E-state index contributed by atoms with van der Waals surface area (Å²) >= 11 is 1.76. The van der Waals surface area contributed by atoms with Gasteiger partial charge in [-0.1, -0.05) is 0 Å². The van der Waals surface area contributed by atoms with E-state index in [0.29, 0.717) is 11.4 Å². The van der Waals surface area contributed by atoms with E-state index in [1.807, 2.05) is 48.5 Å². The van der Waals surface area contributed by atoms with Gasteiger partial charge in [0.2, 0.25) is 10.3 Å². The summed E-state index contributed by atoms with van der Waals surface area (Å²) in [7, 11) is 4.47. The van der Waals surface area contributed by atoms with E-state index in [2.05, 4.69) is 68.2 Å². The Morgan fingerprint density at radius 1 is 0.689 bits per heavy atom. The molecule has 0 fully saturated rings. The molecule has 0 radical (unpaired) electrons. The molecule has 17 heteroatoms. The van der Waals surface area contributed by atoms with E-state index in [9.17, 15) is 20.2 Å². The Morgan fingerprint density at radius 3 is 1.38 bits per heavy atom. The first kappa shape index (κ1) is 33.2. The van der Waals surface area contributed by atoms with E-state index < -0.39 is 9.85 Å². The molecule has 0 aliphatic rings. The summed E-state index contributed by atoms with van der Waals surface area (Å²) in [5, 5.41) is 38.3. The van der Waals surface area contributed by atoms with Crippen molar-refractivity contribution in [2.45, 2.75) is 13.8 Å². The maximum absolute atomic E-state index is 10.8. The van der Waals surface area contributed by atoms with Gasteiger partial charge in [-0.3, -0.25) is 20.2 Å². The summed E-state index contributed by atoms with van der Waals surface area (Å²) in [6.07, 6.45) is 2.36. The lowest BCUT2D eigenvalue weighted by Gasteiger charge is -2.35. The van der Waals surface area contributed by atoms with Gasteiger partial charge in [0.05, 0.1) is 61.5 Å². The number of benzene rings is 2. The number of likely N-dealkylation sites (N-methyl/N-ethyl adjacent to an activating group) is 3. The first-order chi connectivity index (χ1) is 21.6. The van der Waals surface area contributed by atoms with E-state index >= 15 is 0 Å². The van der Waals surface area contributed by atoms with Gasteiger partial charge in [0, 0.05) is 24.5 Å². The van der Waals surface area contributed by atoms with Crippen LogP contribution >= 0.6 is 22.7 Å². The van der Waals surface area contributed by atoms with E-state index in [0.717, 1.165) is 77.8 Å². The SMILES string of the molecule is CCN(CC[N+](C)(C)CCN(CC)c1ccc(/N=N/c2ncc([N+](=O)[O-])s2)cc1)c1ccc(/N=N/c2ncc([N+](=O)[O-])s2)cc1. The van der Waals surface area contributed by atoms with Crippen molar-refractivity contribution in [1.82, 2.24) is 9.97 Å². The quantitative estimate of drug-likeness (QED) is 0.0514. The average Bonchev–Trinajstić information content (AvgIpc) is 3.71. The molecule has 0 saturated carbocycles. The Morgan fingerprint density at radius 2 is 1.07 bits per heavy atom. The number of aromatic nitrogens is 2. The van der Waals surface area contributed by atoms with Gasteiger partial charge in [0.15, 0.2) is 0 Å². The van der Waals surface area contributed by atoms with Gasteiger partial charge in [-0.25, -0.2) is 9.97 Å². The monoisotopic (exact) mass is 652 g/mol. The number of rotatable bonds is 16. The van der Waals surface area contributed by atoms with Crippen LogP contribution < -0.4 is 9.80 Å². The molecular weight excluding hydrogens is 619 g/mol. The second kappa shape index (κ2) is 15.3. The van der Waals surface area contributed by atoms with Crippen LogP contribution in [-0.2, 0) is 0 Å². The Balaban J connectivity index is 1.27. The van der Waals surface area contributed by atoms with E-state index in [4.69, 9.17) is 0 Å². The number of quaternary nitrogens is 1. The summed E-state index contributed by atoms with van der Waals surface area (Å²) in [4.78, 5) is 33.1. The van der Waals surface area contributed by atoms with Crippen LogP contribution in [0.3, 0.4) is 0 Å². The molecule has 4 rings (SSSR count). The van der Waals surface area contributed by atoms with Crippen molar-refractivity contribution in [3.05, 3.63) is 81.2 Å². The summed E-state index contributed by atoms with van der Waals surface area (Å²) < 4.78 is 0.839. The third-order valence-corrected chi connectivity index (χ3v) is 8.63. The lowest BCUT2D eigenvalue weighted by Crippen LogP contribution is -2.49. The molecule has 0 saturated heterocycles. The highest BCUT2D eigenvalue weighted by atomic mass is 32.1. The zero-order chi connectivity index (χ0) is 32.4. The fourth-order valence-corrected chi connectivity index (χ4v) is 5.38. The van der Waals surface area contributed by atoms with Crippen molar-refractivity contribution in [1.29, 1.82) is 0 Å². The normalized spacial score (nSPS) is 11.8. The van der Waals surface area contributed by atoms with Crippen molar-refractivity contribution in [2.24, 2.45) is 20.5 Å². The van der Waals surface area contributed by atoms with E-state index in [1.165, 1.54) is 12.4 Å². The molecule has 0 bridgehead atoms. The minimum atomic E-state index is -0.494. The van der Waals surface area contributed by atoms with Gasteiger partial charge in [0.25, 0.3) is 0 Å². The van der Waals surface area contributed by atoms with Gasteiger partial charge in [-0.05, 0) is 85.1 Å². The van der Waals surface area contributed by atoms with Gasteiger partial charge >= 0.3 is 10.0 Å². The molecule has 0 atom stereocenters. The first-order valence-corrected chi connectivity index (χ1v) is 15.8. The lowest BCUT2D eigenvalue weighted by atomic mass is 10.2. The predicted molar refractivity (Wildman–Crippen MR) is 176 cm³/mol. The number of azo groups is 2. The molecule has 2 aromatic heterocycles. The fraction of sp³-hybridized carbons (Fsp3) is 0.357. The average molecular weight is 653 g/mol. The third kappa shape index (κ3) is 9.62. The Labute approximate surface area is 268 Å². The second-order valence-electron chi connectivity index (χ2n) is 10.5.